The largest absolute Gasteiger partial charge is 0.618 e. The number of nitrogens with one attached hydrogen (secondary N) is 1. The van der Waals surface area contributed by atoms with Gasteiger partial charge in [-0.1, -0.05) is 11.6 Å². The van der Waals surface area contributed by atoms with Crippen molar-refractivity contribution in [1.82, 2.24) is 15.1 Å². The number of nitrogens with zero attached hydrogens (tertiary/aromatic N) is 4. The number of aryl methyl sites for hydroxylation is 1. The highest BCUT2D eigenvalue weighted by atomic mass is 35.5. The van der Waals surface area contributed by atoms with Crippen LogP contribution in [0.5, 0.6) is 0 Å². The molecule has 1 aliphatic rings. The van der Waals surface area contributed by atoms with Crippen LogP contribution in [0.25, 0.3) is 0 Å². The van der Waals surface area contributed by atoms with Crippen LogP contribution < -0.4 is 14.9 Å². The average Bonchev–Trinajstić information content (AvgIpc) is 2.99. The normalized spacial score (nSPS) is 14.8. The van der Waals surface area contributed by atoms with E-state index in [1.54, 1.807) is 44.1 Å². The predicted octanol–water partition coefficient (Wildman–Crippen LogP) is 5.11. The molecule has 1 N–H and O–H groups in total. The third-order valence-electron chi connectivity index (χ3n) is 8.39. The molecule has 0 saturated carbocycles. The van der Waals surface area contributed by atoms with E-state index in [-0.39, 0.29) is 29.7 Å². The summed E-state index contributed by atoms with van der Waals surface area (Å²) in [6, 6.07) is 14.2. The van der Waals surface area contributed by atoms with Gasteiger partial charge in [-0.05, 0) is 81.1 Å². The molecule has 1 atom stereocenters. The molecule has 0 radical (unpaired) electrons. The van der Waals surface area contributed by atoms with Gasteiger partial charge in [0.05, 0.1) is 0 Å². The third-order valence-corrected chi connectivity index (χ3v) is 8.62. The van der Waals surface area contributed by atoms with Crippen LogP contribution in [0.1, 0.15) is 63.7 Å². The van der Waals surface area contributed by atoms with Crippen LogP contribution in [-0.4, -0.2) is 67.4 Å². The minimum atomic E-state index is -0.298. The van der Waals surface area contributed by atoms with E-state index in [1.807, 2.05) is 31.2 Å². The molecule has 8 nitrogen and oxygen atoms in total. The van der Waals surface area contributed by atoms with Gasteiger partial charge in [0.15, 0.2) is 6.20 Å². The zero-order valence-corrected chi connectivity index (χ0v) is 26.3. The fourth-order valence-electron chi connectivity index (χ4n) is 5.75. The fourth-order valence-corrected chi connectivity index (χ4v) is 5.94. The summed E-state index contributed by atoms with van der Waals surface area (Å²) >= 11 is 6.21. The molecule has 3 aromatic rings. The zero-order valence-electron chi connectivity index (χ0n) is 25.6. The molecule has 1 aromatic heterocycles. The highest BCUT2D eigenvalue weighted by Gasteiger charge is 2.28. The maximum atomic E-state index is 14.8. The van der Waals surface area contributed by atoms with E-state index in [1.165, 1.54) is 12.3 Å². The first-order valence-corrected chi connectivity index (χ1v) is 15.1. The van der Waals surface area contributed by atoms with Gasteiger partial charge in [-0.25, -0.2) is 4.39 Å². The van der Waals surface area contributed by atoms with Crippen molar-refractivity contribution in [3.63, 3.8) is 0 Å². The molecular formula is C33H41ClFN5O3. The number of hydrogen-bond donors (Lipinski definition) is 1. The molecule has 1 saturated heterocycles. The van der Waals surface area contributed by atoms with Gasteiger partial charge in [0.25, 0.3) is 11.8 Å². The smallest absolute Gasteiger partial charge is 0.257 e. The molecule has 0 bridgehead atoms. The van der Waals surface area contributed by atoms with Crippen molar-refractivity contribution in [3.8, 4) is 0 Å². The molecule has 0 aliphatic carbocycles. The van der Waals surface area contributed by atoms with Crippen LogP contribution in [-0.2, 0) is 6.54 Å². The molecule has 1 aliphatic heterocycles. The third kappa shape index (κ3) is 7.83. The Hall–Kier alpha value is -3.69. The maximum Gasteiger partial charge on any atom is 0.257 e. The standard InChI is InChI=1S/C33H41ClFN5O3/c1-22-13-19-40(43)24(3)31(22)32(41)36-16-12-23(2)38-17-14-29(15-18-38)39(21-26-20-27(34)8-11-30(26)35)28-9-6-25(7-10-28)33(42)37(4)5/h6-11,13,19-20,23,29H,12,14-18,21H2,1-5H3,(H,36,41). The van der Waals surface area contributed by atoms with Crippen molar-refractivity contribution >= 4 is 29.1 Å². The van der Waals surface area contributed by atoms with Crippen LogP contribution in [0.3, 0.4) is 0 Å². The van der Waals surface area contributed by atoms with Crippen molar-refractivity contribution < 1.29 is 18.7 Å². The first-order valence-electron chi connectivity index (χ1n) is 14.7. The second-order valence-corrected chi connectivity index (χ2v) is 12.0. The highest BCUT2D eigenvalue weighted by Crippen LogP contribution is 2.29. The van der Waals surface area contributed by atoms with Crippen molar-refractivity contribution in [2.24, 2.45) is 0 Å². The number of pyridine rings is 1. The number of carbonyl (C=O) groups is 2. The summed E-state index contributed by atoms with van der Waals surface area (Å²) in [5, 5.41) is 15.4. The number of piperidine rings is 1. The average molecular weight is 610 g/mol. The molecule has 2 heterocycles. The Morgan fingerprint density at radius 2 is 1.79 bits per heavy atom. The lowest BCUT2D eigenvalue weighted by molar-refractivity contribution is -0.612. The minimum Gasteiger partial charge on any atom is -0.618 e. The van der Waals surface area contributed by atoms with Crippen LogP contribution in [0, 0.1) is 24.9 Å². The van der Waals surface area contributed by atoms with Crippen LogP contribution in [0.4, 0.5) is 10.1 Å². The quantitative estimate of drug-likeness (QED) is 0.255. The number of rotatable bonds is 10. The van der Waals surface area contributed by atoms with E-state index in [2.05, 4.69) is 22.0 Å². The Balaban J connectivity index is 1.40. The van der Waals surface area contributed by atoms with Gasteiger partial charge >= 0.3 is 0 Å². The van der Waals surface area contributed by atoms with Crippen molar-refractivity contribution in [3.05, 3.63) is 98.7 Å². The summed E-state index contributed by atoms with van der Waals surface area (Å²) in [7, 11) is 3.45. The molecule has 43 heavy (non-hydrogen) atoms. The van der Waals surface area contributed by atoms with Gasteiger partial charge in [0, 0.05) is 87.2 Å². The molecule has 10 heteroatoms. The Labute approximate surface area is 258 Å². The molecule has 1 fully saturated rings. The summed E-state index contributed by atoms with van der Waals surface area (Å²) in [4.78, 5) is 31.4. The fraction of sp³-hybridized carbons (Fsp3) is 0.424. The van der Waals surface area contributed by atoms with E-state index >= 15 is 0 Å². The topological polar surface area (TPSA) is 82.8 Å². The number of anilines is 1. The van der Waals surface area contributed by atoms with Gasteiger partial charge in [-0.3, -0.25) is 9.59 Å². The summed E-state index contributed by atoms with van der Waals surface area (Å²) in [6.45, 7) is 8.24. The van der Waals surface area contributed by atoms with Gasteiger partial charge in [-0.2, -0.15) is 4.73 Å². The minimum absolute atomic E-state index is 0.0689. The second kappa shape index (κ2) is 14.2. The molecule has 4 rings (SSSR count). The Morgan fingerprint density at radius 3 is 2.44 bits per heavy atom. The maximum absolute atomic E-state index is 14.8. The molecular weight excluding hydrogens is 569 g/mol. The molecule has 0 spiro atoms. The monoisotopic (exact) mass is 609 g/mol. The van der Waals surface area contributed by atoms with E-state index in [0.29, 0.717) is 40.5 Å². The van der Waals surface area contributed by atoms with E-state index in [0.717, 1.165) is 48.3 Å². The number of hydrogen-bond acceptors (Lipinski definition) is 5. The SMILES string of the molecule is Cc1cc[n+]([O-])c(C)c1C(=O)NCCC(C)N1CCC(N(Cc2cc(Cl)ccc2F)c2ccc(C(=O)N(C)C)cc2)CC1. The lowest BCUT2D eigenvalue weighted by Gasteiger charge is -2.42. The number of amides is 2. The Morgan fingerprint density at radius 1 is 1.12 bits per heavy atom. The number of benzene rings is 2. The number of halogens is 2. The van der Waals surface area contributed by atoms with E-state index in [9.17, 15) is 19.2 Å². The number of likely N-dealkylation sites (tertiary alicyclic amines) is 1. The van der Waals surface area contributed by atoms with Crippen molar-refractivity contribution in [2.75, 3.05) is 38.6 Å². The molecule has 2 aromatic carbocycles. The van der Waals surface area contributed by atoms with Crippen LogP contribution >= 0.6 is 11.6 Å². The molecule has 1 unspecified atom stereocenters. The van der Waals surface area contributed by atoms with Gasteiger partial charge < -0.3 is 25.2 Å². The summed E-state index contributed by atoms with van der Waals surface area (Å²) in [6.07, 6.45) is 3.95. The summed E-state index contributed by atoms with van der Waals surface area (Å²) in [5.74, 6) is -0.596. The van der Waals surface area contributed by atoms with Crippen molar-refractivity contribution in [1.29, 1.82) is 0 Å². The van der Waals surface area contributed by atoms with E-state index < -0.39 is 0 Å². The predicted molar refractivity (Wildman–Crippen MR) is 168 cm³/mol. The highest BCUT2D eigenvalue weighted by molar-refractivity contribution is 6.30. The lowest BCUT2D eigenvalue weighted by Crippen LogP contribution is -2.48. The Bertz CT molecular complexity index is 1440. The zero-order chi connectivity index (χ0) is 31.3. The molecule has 230 valence electrons. The Kier molecular flexibility index (Phi) is 10.6. The number of aromatic nitrogens is 1. The van der Waals surface area contributed by atoms with E-state index in [4.69, 9.17) is 11.6 Å². The van der Waals surface area contributed by atoms with Gasteiger partial charge in [0.1, 0.15) is 11.4 Å². The first kappa shape index (κ1) is 32.2. The van der Waals surface area contributed by atoms with Gasteiger partial charge in [-0.15, -0.1) is 0 Å². The lowest BCUT2D eigenvalue weighted by atomic mass is 9.99. The van der Waals surface area contributed by atoms with Gasteiger partial charge in [0.2, 0.25) is 5.69 Å². The van der Waals surface area contributed by atoms with Crippen molar-refractivity contribution in [2.45, 2.75) is 58.7 Å². The summed E-state index contributed by atoms with van der Waals surface area (Å²) < 4.78 is 15.5. The molecule has 2 amide bonds. The summed E-state index contributed by atoms with van der Waals surface area (Å²) in [5.41, 5.74) is 3.66. The first-order chi connectivity index (χ1) is 20.5. The second-order valence-electron chi connectivity index (χ2n) is 11.6. The number of carbonyl (C=O) groups excluding carboxylic acids is 2. The van der Waals surface area contributed by atoms with Crippen LogP contribution in [0.2, 0.25) is 5.02 Å². The van der Waals surface area contributed by atoms with Crippen LogP contribution in [0.15, 0.2) is 54.7 Å².